The number of hydrogen-bond acceptors (Lipinski definition) is 2. The van der Waals surface area contributed by atoms with Crippen molar-refractivity contribution in [3.63, 3.8) is 0 Å². The van der Waals surface area contributed by atoms with Gasteiger partial charge in [-0.15, -0.1) is 0 Å². The van der Waals surface area contributed by atoms with E-state index in [1.807, 2.05) is 30.3 Å². The van der Waals surface area contributed by atoms with Crippen LogP contribution in [-0.4, -0.2) is 11.9 Å². The van der Waals surface area contributed by atoms with Crippen molar-refractivity contribution in [3.8, 4) is 0 Å². The average molecular weight is 328 g/mol. The number of hydrogen-bond donors (Lipinski definition) is 0. The smallest absolute Gasteiger partial charge is 0.339 e. The number of alkyl halides is 2. The van der Waals surface area contributed by atoms with Gasteiger partial charge in [0.2, 0.25) is 5.60 Å². The van der Waals surface area contributed by atoms with Crippen LogP contribution < -0.4 is 0 Å². The Bertz CT molecular complexity index is 772. The van der Waals surface area contributed by atoms with Crippen LogP contribution in [0.15, 0.2) is 54.6 Å². The van der Waals surface area contributed by atoms with E-state index in [-0.39, 0.29) is 18.4 Å². The zero-order valence-corrected chi connectivity index (χ0v) is 13.2. The molecule has 0 N–H and O–H groups in total. The monoisotopic (exact) mass is 328 g/mol. The zero-order valence-electron chi connectivity index (χ0n) is 13.2. The molecule has 1 saturated carbocycles. The van der Waals surface area contributed by atoms with Gasteiger partial charge in [-0.1, -0.05) is 48.5 Å². The zero-order chi connectivity index (χ0) is 16.8. The number of ether oxygens (including phenoxy) is 1. The van der Waals surface area contributed by atoms with Crippen molar-refractivity contribution in [2.75, 3.05) is 0 Å². The highest BCUT2D eigenvalue weighted by Gasteiger charge is 2.66. The molecule has 124 valence electrons. The van der Waals surface area contributed by atoms with Crippen LogP contribution in [0.5, 0.6) is 0 Å². The Balaban J connectivity index is 1.74. The Morgan fingerprint density at radius 3 is 2.54 bits per heavy atom. The van der Waals surface area contributed by atoms with Gasteiger partial charge in [0.15, 0.2) is 0 Å². The van der Waals surface area contributed by atoms with E-state index in [0.29, 0.717) is 18.4 Å². The summed E-state index contributed by atoms with van der Waals surface area (Å²) < 4.78 is 36.3. The molecular weight excluding hydrogens is 310 g/mol. The highest BCUT2D eigenvalue weighted by Crippen LogP contribution is 2.57. The number of carbonyl (C=O) groups is 1. The summed E-state index contributed by atoms with van der Waals surface area (Å²) in [6, 6.07) is 15.9. The highest BCUT2D eigenvalue weighted by molar-refractivity contribution is 5.95. The summed E-state index contributed by atoms with van der Waals surface area (Å²) in [6.45, 7) is 0. The Morgan fingerprint density at radius 2 is 1.75 bits per heavy atom. The molecule has 2 atom stereocenters. The highest BCUT2D eigenvalue weighted by atomic mass is 19.3. The molecule has 2 aromatic carbocycles. The van der Waals surface area contributed by atoms with Crippen molar-refractivity contribution < 1.29 is 18.3 Å². The standard InChI is InChI=1S/C20H18F2O2/c21-20(22)15(13-14-7-2-1-3-8-14)9-6-12-19(20)17-11-5-4-10-16(17)18(23)24-19/h1-5,7-8,10-11,15H,6,9,12-13H2. The van der Waals surface area contributed by atoms with Gasteiger partial charge in [0.25, 0.3) is 5.92 Å². The van der Waals surface area contributed by atoms with Gasteiger partial charge in [-0.3, -0.25) is 0 Å². The third-order valence-electron chi connectivity index (χ3n) is 5.31. The fourth-order valence-electron chi connectivity index (χ4n) is 4.12. The van der Waals surface area contributed by atoms with Crippen molar-refractivity contribution in [3.05, 3.63) is 71.3 Å². The lowest BCUT2D eigenvalue weighted by atomic mass is 9.69. The minimum atomic E-state index is -3.09. The third kappa shape index (κ3) is 2.09. The lowest BCUT2D eigenvalue weighted by Crippen LogP contribution is -2.53. The predicted octanol–water partition coefficient (Wildman–Crippen LogP) is 4.73. The van der Waals surface area contributed by atoms with E-state index >= 15 is 8.78 Å². The molecule has 2 aromatic rings. The molecular formula is C20H18F2O2. The van der Waals surface area contributed by atoms with Gasteiger partial charge in [-0.25, -0.2) is 13.6 Å². The Hall–Kier alpha value is -2.23. The first-order chi connectivity index (χ1) is 11.5. The van der Waals surface area contributed by atoms with Crippen LogP contribution in [-0.2, 0) is 16.8 Å². The van der Waals surface area contributed by atoms with Crippen LogP contribution in [0.1, 0.15) is 40.7 Å². The molecule has 4 rings (SSSR count). The minimum Gasteiger partial charge on any atom is -0.444 e. The largest absolute Gasteiger partial charge is 0.444 e. The normalized spacial score (nSPS) is 27.8. The summed E-state index contributed by atoms with van der Waals surface area (Å²) in [5.41, 5.74) is -0.301. The van der Waals surface area contributed by atoms with Crippen LogP contribution in [0, 0.1) is 5.92 Å². The number of carbonyl (C=O) groups excluding carboxylic acids is 1. The van der Waals surface area contributed by atoms with Crippen LogP contribution in [0.4, 0.5) is 8.78 Å². The number of fused-ring (bicyclic) bond motifs is 2. The van der Waals surface area contributed by atoms with Crippen molar-refractivity contribution in [1.82, 2.24) is 0 Å². The maximum absolute atomic E-state index is 15.5. The van der Waals surface area contributed by atoms with E-state index in [9.17, 15) is 4.79 Å². The van der Waals surface area contributed by atoms with Gasteiger partial charge >= 0.3 is 5.97 Å². The molecule has 0 bridgehead atoms. The lowest BCUT2D eigenvalue weighted by Gasteiger charge is -2.44. The number of rotatable bonds is 2. The first kappa shape index (κ1) is 15.3. The number of esters is 1. The van der Waals surface area contributed by atoms with Crippen molar-refractivity contribution in [2.45, 2.75) is 37.2 Å². The summed E-state index contributed by atoms with van der Waals surface area (Å²) >= 11 is 0. The molecule has 24 heavy (non-hydrogen) atoms. The molecule has 1 fully saturated rings. The molecule has 1 spiro atoms. The molecule has 0 amide bonds. The second kappa shape index (κ2) is 5.40. The van der Waals surface area contributed by atoms with Crippen LogP contribution in [0.3, 0.4) is 0 Å². The van der Waals surface area contributed by atoms with Gasteiger partial charge in [-0.2, -0.15) is 0 Å². The summed E-state index contributed by atoms with van der Waals surface area (Å²) in [5, 5.41) is 0. The van der Waals surface area contributed by atoms with E-state index in [2.05, 4.69) is 0 Å². The Labute approximate surface area is 139 Å². The molecule has 1 aliphatic carbocycles. The molecule has 2 nitrogen and oxygen atoms in total. The maximum atomic E-state index is 15.5. The summed E-state index contributed by atoms with van der Waals surface area (Å²) in [7, 11) is 0. The van der Waals surface area contributed by atoms with Gasteiger partial charge in [0.05, 0.1) is 5.56 Å². The first-order valence-electron chi connectivity index (χ1n) is 8.29. The number of benzene rings is 2. The molecule has 4 heteroatoms. The van der Waals surface area contributed by atoms with Gasteiger partial charge in [-0.05, 0) is 37.3 Å². The molecule has 2 aliphatic rings. The van der Waals surface area contributed by atoms with Gasteiger partial charge in [0.1, 0.15) is 0 Å². The van der Waals surface area contributed by atoms with Gasteiger partial charge in [0, 0.05) is 11.5 Å². The quantitative estimate of drug-likeness (QED) is 0.745. The van der Waals surface area contributed by atoms with Crippen LogP contribution in [0.25, 0.3) is 0 Å². The summed E-state index contributed by atoms with van der Waals surface area (Å²) in [5.74, 6) is -4.57. The van der Waals surface area contributed by atoms with Crippen molar-refractivity contribution in [2.24, 2.45) is 5.92 Å². The molecule has 0 saturated heterocycles. The molecule has 1 aliphatic heterocycles. The minimum absolute atomic E-state index is 0.175. The summed E-state index contributed by atoms with van der Waals surface area (Å²) in [6.07, 6.45) is 1.52. The second-order valence-electron chi connectivity index (χ2n) is 6.66. The van der Waals surface area contributed by atoms with E-state index in [0.717, 1.165) is 5.56 Å². The van der Waals surface area contributed by atoms with Gasteiger partial charge < -0.3 is 4.74 Å². The first-order valence-corrected chi connectivity index (χ1v) is 8.29. The third-order valence-corrected chi connectivity index (χ3v) is 5.31. The molecule has 0 aromatic heterocycles. The van der Waals surface area contributed by atoms with Crippen LogP contribution in [0.2, 0.25) is 0 Å². The Morgan fingerprint density at radius 1 is 1.04 bits per heavy atom. The fraction of sp³-hybridized carbons (Fsp3) is 0.350. The molecule has 1 heterocycles. The van der Waals surface area contributed by atoms with E-state index in [4.69, 9.17) is 4.74 Å². The fourth-order valence-corrected chi connectivity index (χ4v) is 4.12. The average Bonchev–Trinajstić information content (AvgIpc) is 2.88. The molecule has 2 unspecified atom stereocenters. The topological polar surface area (TPSA) is 26.3 Å². The molecule has 0 radical (unpaired) electrons. The Kier molecular flexibility index (Phi) is 3.44. The predicted molar refractivity (Wildman–Crippen MR) is 86.0 cm³/mol. The lowest BCUT2D eigenvalue weighted by molar-refractivity contribution is -0.232. The van der Waals surface area contributed by atoms with Crippen molar-refractivity contribution in [1.29, 1.82) is 0 Å². The van der Waals surface area contributed by atoms with Crippen LogP contribution >= 0.6 is 0 Å². The van der Waals surface area contributed by atoms with E-state index < -0.39 is 23.4 Å². The second-order valence-corrected chi connectivity index (χ2v) is 6.66. The maximum Gasteiger partial charge on any atom is 0.339 e. The van der Waals surface area contributed by atoms with Crippen molar-refractivity contribution >= 4 is 5.97 Å². The van der Waals surface area contributed by atoms with E-state index in [1.54, 1.807) is 24.3 Å². The number of halogens is 2. The van der Waals surface area contributed by atoms with E-state index in [1.165, 1.54) is 0 Å². The summed E-state index contributed by atoms with van der Waals surface area (Å²) in [4.78, 5) is 12.1. The SMILES string of the molecule is O=C1OC2(CCCC(Cc3ccccc3)C2(F)F)c2ccccc21.